The van der Waals surface area contributed by atoms with E-state index >= 15 is 0 Å². The molecular weight excluding hydrogens is 242 g/mol. The van der Waals surface area contributed by atoms with Crippen LogP contribution in [0.4, 0.5) is 11.4 Å². The topological polar surface area (TPSA) is 78.6 Å². The third-order valence-corrected chi connectivity index (χ3v) is 3.42. The van der Waals surface area contributed by atoms with Crippen LogP contribution in [0, 0.1) is 0 Å². The van der Waals surface area contributed by atoms with E-state index in [1.165, 1.54) is 0 Å². The minimum atomic E-state index is -0.561. The Kier molecular flexibility index (Phi) is 4.07. The Hall–Kier alpha value is -1.59. The zero-order valence-corrected chi connectivity index (χ0v) is 11.4. The molecule has 1 unspecified atom stereocenters. The summed E-state index contributed by atoms with van der Waals surface area (Å²) in [5.41, 5.74) is 8.48. The Morgan fingerprint density at radius 2 is 2.21 bits per heavy atom. The van der Waals surface area contributed by atoms with Crippen LogP contribution in [0.3, 0.4) is 0 Å². The second kappa shape index (κ2) is 5.59. The third kappa shape index (κ3) is 2.72. The Morgan fingerprint density at radius 1 is 1.47 bits per heavy atom. The molecule has 4 N–H and O–H groups in total. The Labute approximate surface area is 113 Å². The highest BCUT2D eigenvalue weighted by atomic mass is 16.3. The number of anilines is 2. The van der Waals surface area contributed by atoms with Crippen LogP contribution in [-0.4, -0.2) is 30.2 Å². The van der Waals surface area contributed by atoms with Gasteiger partial charge in [0.05, 0.1) is 0 Å². The molecule has 0 bridgehead atoms. The zero-order chi connectivity index (χ0) is 14.0. The molecule has 0 aliphatic carbocycles. The van der Waals surface area contributed by atoms with Gasteiger partial charge >= 0.3 is 0 Å². The van der Waals surface area contributed by atoms with Gasteiger partial charge in [-0.3, -0.25) is 4.79 Å². The number of carbonyl (C=O) groups is 1. The molecule has 1 heterocycles. The summed E-state index contributed by atoms with van der Waals surface area (Å²) in [6.07, 6.45) is 0.723. The summed E-state index contributed by atoms with van der Waals surface area (Å²) in [5, 5.41) is 11.8. The fourth-order valence-corrected chi connectivity index (χ4v) is 2.38. The first-order valence-electron chi connectivity index (χ1n) is 6.62. The van der Waals surface area contributed by atoms with E-state index in [4.69, 9.17) is 10.8 Å². The molecule has 0 fully saturated rings. The summed E-state index contributed by atoms with van der Waals surface area (Å²) in [5.74, 6) is -0.154. The van der Waals surface area contributed by atoms with Crippen LogP contribution < -0.4 is 16.0 Å². The molecule has 1 aliphatic rings. The molecule has 0 saturated heterocycles. The first kappa shape index (κ1) is 13.8. The van der Waals surface area contributed by atoms with E-state index in [2.05, 4.69) is 24.1 Å². The summed E-state index contributed by atoms with van der Waals surface area (Å²) in [6.45, 7) is 5.17. The van der Waals surface area contributed by atoms with Gasteiger partial charge in [-0.15, -0.1) is 0 Å². The maximum Gasteiger partial charge on any atom is 0.245 e. The van der Waals surface area contributed by atoms with Crippen molar-refractivity contribution >= 4 is 17.3 Å². The van der Waals surface area contributed by atoms with Gasteiger partial charge in [0.25, 0.3) is 0 Å². The summed E-state index contributed by atoms with van der Waals surface area (Å²) >= 11 is 0. The first-order valence-corrected chi connectivity index (χ1v) is 6.62. The summed E-state index contributed by atoms with van der Waals surface area (Å²) in [6, 6.07) is 5.61. The number of nitrogens with one attached hydrogen (secondary N) is 1. The standard InChI is InChI=1S/C14H21N3O2/c1-9(2)17(6-3-7-18)10-4-5-11-12(8-10)16-14(19)13(11)15/h4-5,8-9,13,18H,3,6-7,15H2,1-2H3,(H,16,19). The van der Waals surface area contributed by atoms with Crippen LogP contribution in [0.15, 0.2) is 18.2 Å². The first-order chi connectivity index (χ1) is 9.04. The zero-order valence-electron chi connectivity index (χ0n) is 11.4. The van der Waals surface area contributed by atoms with E-state index in [9.17, 15) is 4.79 Å². The van der Waals surface area contributed by atoms with Crippen molar-refractivity contribution in [2.24, 2.45) is 5.73 Å². The van der Waals surface area contributed by atoms with E-state index in [0.717, 1.165) is 29.9 Å². The van der Waals surface area contributed by atoms with E-state index in [1.807, 2.05) is 18.2 Å². The molecule has 1 atom stereocenters. The molecular formula is C14H21N3O2. The lowest BCUT2D eigenvalue weighted by Crippen LogP contribution is -2.32. The minimum absolute atomic E-state index is 0.154. The molecule has 0 spiro atoms. The van der Waals surface area contributed by atoms with E-state index in [1.54, 1.807) is 0 Å². The van der Waals surface area contributed by atoms with Gasteiger partial charge in [0.1, 0.15) is 6.04 Å². The van der Waals surface area contributed by atoms with E-state index in [-0.39, 0.29) is 12.5 Å². The second-order valence-corrected chi connectivity index (χ2v) is 5.10. The number of fused-ring (bicyclic) bond motifs is 1. The second-order valence-electron chi connectivity index (χ2n) is 5.10. The average molecular weight is 263 g/mol. The van der Waals surface area contributed by atoms with Gasteiger partial charge in [0.2, 0.25) is 5.91 Å². The van der Waals surface area contributed by atoms with Crippen LogP contribution in [0.2, 0.25) is 0 Å². The maximum atomic E-state index is 11.5. The SMILES string of the molecule is CC(C)N(CCCO)c1ccc2c(c1)NC(=O)C2N. The number of amides is 1. The van der Waals surface area contributed by atoms with Crippen molar-refractivity contribution in [3.8, 4) is 0 Å². The van der Waals surface area contributed by atoms with Crippen molar-refractivity contribution in [3.05, 3.63) is 23.8 Å². The molecule has 104 valence electrons. The van der Waals surface area contributed by atoms with E-state index < -0.39 is 6.04 Å². The molecule has 0 radical (unpaired) electrons. The third-order valence-electron chi connectivity index (χ3n) is 3.42. The monoisotopic (exact) mass is 263 g/mol. The van der Waals surface area contributed by atoms with Crippen LogP contribution >= 0.6 is 0 Å². The number of nitrogens with zero attached hydrogens (tertiary/aromatic N) is 1. The van der Waals surface area contributed by atoms with Gasteiger partial charge in [0.15, 0.2) is 0 Å². The summed E-state index contributed by atoms with van der Waals surface area (Å²) in [7, 11) is 0. The molecule has 5 nitrogen and oxygen atoms in total. The van der Waals surface area contributed by atoms with Gasteiger partial charge in [0, 0.05) is 36.1 Å². The van der Waals surface area contributed by atoms with Crippen LogP contribution in [0.25, 0.3) is 0 Å². The molecule has 0 saturated carbocycles. The van der Waals surface area contributed by atoms with Crippen molar-refractivity contribution in [2.75, 3.05) is 23.4 Å². The highest BCUT2D eigenvalue weighted by Crippen LogP contribution is 2.33. The number of aliphatic hydroxyl groups is 1. The molecule has 19 heavy (non-hydrogen) atoms. The smallest absolute Gasteiger partial charge is 0.245 e. The summed E-state index contributed by atoms with van der Waals surface area (Å²) in [4.78, 5) is 13.7. The van der Waals surface area contributed by atoms with Gasteiger partial charge in [-0.2, -0.15) is 0 Å². The summed E-state index contributed by atoms with van der Waals surface area (Å²) < 4.78 is 0. The Bertz CT molecular complexity index is 474. The van der Waals surface area contributed by atoms with Crippen LogP contribution in [-0.2, 0) is 4.79 Å². The molecule has 2 rings (SSSR count). The van der Waals surface area contributed by atoms with Crippen molar-refractivity contribution < 1.29 is 9.90 Å². The van der Waals surface area contributed by atoms with Gasteiger partial charge in [-0.1, -0.05) is 6.07 Å². The lowest BCUT2D eigenvalue weighted by Gasteiger charge is -2.29. The van der Waals surface area contributed by atoms with Gasteiger partial charge in [-0.05, 0) is 32.4 Å². The highest BCUT2D eigenvalue weighted by Gasteiger charge is 2.27. The van der Waals surface area contributed by atoms with Crippen molar-refractivity contribution in [1.82, 2.24) is 0 Å². The molecule has 1 aromatic rings. The van der Waals surface area contributed by atoms with Gasteiger partial charge in [-0.25, -0.2) is 0 Å². The van der Waals surface area contributed by atoms with Crippen molar-refractivity contribution in [2.45, 2.75) is 32.4 Å². The molecule has 1 aliphatic heterocycles. The molecule has 1 amide bonds. The number of hydrogen-bond donors (Lipinski definition) is 3. The van der Waals surface area contributed by atoms with E-state index in [0.29, 0.717) is 6.04 Å². The number of aliphatic hydroxyl groups excluding tert-OH is 1. The molecule has 0 aromatic heterocycles. The van der Waals surface area contributed by atoms with Crippen molar-refractivity contribution in [3.63, 3.8) is 0 Å². The lowest BCUT2D eigenvalue weighted by molar-refractivity contribution is -0.116. The van der Waals surface area contributed by atoms with Gasteiger partial charge < -0.3 is 21.1 Å². The number of carbonyl (C=O) groups excluding carboxylic acids is 1. The fourth-order valence-electron chi connectivity index (χ4n) is 2.38. The minimum Gasteiger partial charge on any atom is -0.396 e. The number of hydrogen-bond acceptors (Lipinski definition) is 4. The highest BCUT2D eigenvalue weighted by molar-refractivity contribution is 6.02. The average Bonchev–Trinajstić information content (AvgIpc) is 2.65. The predicted molar refractivity (Wildman–Crippen MR) is 76.2 cm³/mol. The largest absolute Gasteiger partial charge is 0.396 e. The molecule has 5 heteroatoms. The number of benzene rings is 1. The number of nitrogens with two attached hydrogens (primary N) is 1. The normalized spacial score (nSPS) is 17.5. The number of rotatable bonds is 5. The maximum absolute atomic E-state index is 11.5. The van der Waals surface area contributed by atoms with Crippen LogP contribution in [0.5, 0.6) is 0 Å². The Morgan fingerprint density at radius 3 is 2.84 bits per heavy atom. The van der Waals surface area contributed by atoms with Crippen LogP contribution in [0.1, 0.15) is 31.9 Å². The fraction of sp³-hybridized carbons (Fsp3) is 0.500. The quantitative estimate of drug-likeness (QED) is 0.746. The Balaban J connectivity index is 2.26. The predicted octanol–water partition coefficient (Wildman–Crippen LogP) is 1.24. The van der Waals surface area contributed by atoms with Crippen molar-refractivity contribution in [1.29, 1.82) is 0 Å². The molecule has 1 aromatic carbocycles. The lowest BCUT2D eigenvalue weighted by atomic mass is 10.1.